The van der Waals surface area contributed by atoms with Crippen LogP contribution in [0.25, 0.3) is 0 Å². The minimum absolute atomic E-state index is 0.217. The van der Waals surface area contributed by atoms with Gasteiger partial charge >= 0.3 is 0 Å². The highest BCUT2D eigenvalue weighted by molar-refractivity contribution is 7.73. The predicted molar refractivity (Wildman–Crippen MR) is 78.2 cm³/mol. The van der Waals surface area contributed by atoms with Gasteiger partial charge in [-0.15, -0.1) is 0 Å². The Bertz CT molecular complexity index is 543. The average molecular weight is 261 g/mol. The fourth-order valence-electron chi connectivity index (χ4n) is 2.37. The molecule has 0 aromatic heterocycles. The van der Waals surface area contributed by atoms with Crippen LogP contribution < -0.4 is 5.30 Å². The number of benzene rings is 1. The number of rotatable bonds is 2. The molecule has 1 heterocycles. The lowest BCUT2D eigenvalue weighted by atomic mass is 10.3. The largest absolute Gasteiger partial charge is 0.320 e. The van der Waals surface area contributed by atoms with Crippen molar-refractivity contribution in [2.75, 3.05) is 0 Å². The van der Waals surface area contributed by atoms with E-state index in [-0.39, 0.29) is 6.04 Å². The first-order valence-corrected chi connectivity index (χ1v) is 7.94. The van der Waals surface area contributed by atoms with Crippen LogP contribution in [0.2, 0.25) is 0 Å². The molecule has 0 saturated carbocycles. The van der Waals surface area contributed by atoms with E-state index < -0.39 is 7.29 Å². The van der Waals surface area contributed by atoms with E-state index in [4.69, 9.17) is 0 Å². The van der Waals surface area contributed by atoms with Crippen LogP contribution in [0.1, 0.15) is 27.7 Å². The van der Waals surface area contributed by atoms with Crippen LogP contribution in [0.15, 0.2) is 53.5 Å². The summed E-state index contributed by atoms with van der Waals surface area (Å²) in [6.45, 7) is 8.18. The molecule has 1 aromatic carbocycles. The van der Waals surface area contributed by atoms with Crippen molar-refractivity contribution in [1.29, 1.82) is 0 Å². The Labute approximate surface area is 109 Å². The number of hydrogen-bond donors (Lipinski definition) is 0. The molecule has 3 heteroatoms. The van der Waals surface area contributed by atoms with Crippen LogP contribution in [0.3, 0.4) is 0 Å². The van der Waals surface area contributed by atoms with Crippen LogP contribution in [-0.2, 0) is 4.57 Å². The van der Waals surface area contributed by atoms with Crippen molar-refractivity contribution in [3.8, 4) is 0 Å². The summed E-state index contributed by atoms with van der Waals surface area (Å²) in [6, 6.07) is 10.00. The maximum atomic E-state index is 13.5. The molecule has 1 aromatic rings. The Kier molecular flexibility index (Phi) is 3.49. The smallest absolute Gasteiger partial charge is 0.225 e. The highest BCUT2D eigenvalue weighted by Gasteiger charge is 2.36. The van der Waals surface area contributed by atoms with Gasteiger partial charge in [-0.05, 0) is 51.5 Å². The van der Waals surface area contributed by atoms with Crippen molar-refractivity contribution in [1.82, 2.24) is 4.67 Å². The van der Waals surface area contributed by atoms with Gasteiger partial charge < -0.3 is 4.67 Å². The second kappa shape index (κ2) is 4.78. The zero-order valence-electron chi connectivity index (χ0n) is 11.4. The van der Waals surface area contributed by atoms with Gasteiger partial charge in [-0.25, -0.2) is 0 Å². The summed E-state index contributed by atoms with van der Waals surface area (Å²) in [4.78, 5) is 0. The first-order valence-electron chi connectivity index (χ1n) is 6.28. The second-order valence-electron chi connectivity index (χ2n) is 5.04. The third-order valence-electron chi connectivity index (χ3n) is 3.21. The summed E-state index contributed by atoms with van der Waals surface area (Å²) in [7, 11) is -2.64. The standard InChI is InChI=1S/C15H20NOP/c1-12(2)16-11-13(3)10-14(4)18(16,17)15-8-6-5-7-9-15/h5-12H,1-4H3. The molecule has 1 aliphatic heterocycles. The molecule has 1 atom stereocenters. The van der Waals surface area contributed by atoms with E-state index in [0.29, 0.717) is 0 Å². The first kappa shape index (κ1) is 13.2. The molecular formula is C15H20NOP. The summed E-state index contributed by atoms with van der Waals surface area (Å²) in [6.07, 6.45) is 4.05. The van der Waals surface area contributed by atoms with E-state index in [9.17, 15) is 4.57 Å². The van der Waals surface area contributed by atoms with Crippen molar-refractivity contribution in [3.63, 3.8) is 0 Å². The number of hydrogen-bond acceptors (Lipinski definition) is 1. The van der Waals surface area contributed by atoms with Gasteiger partial charge in [-0.3, -0.25) is 4.57 Å². The van der Waals surface area contributed by atoms with Gasteiger partial charge in [0.15, 0.2) is 0 Å². The Morgan fingerprint density at radius 2 is 1.72 bits per heavy atom. The van der Waals surface area contributed by atoms with Crippen molar-refractivity contribution in [3.05, 3.63) is 53.5 Å². The van der Waals surface area contributed by atoms with Crippen LogP contribution in [0.4, 0.5) is 0 Å². The van der Waals surface area contributed by atoms with Crippen LogP contribution in [0, 0.1) is 0 Å². The Morgan fingerprint density at radius 1 is 1.11 bits per heavy atom. The molecule has 0 radical (unpaired) electrons. The van der Waals surface area contributed by atoms with E-state index in [1.807, 2.05) is 61.1 Å². The molecule has 2 rings (SSSR count). The van der Waals surface area contributed by atoms with Gasteiger partial charge in [0.2, 0.25) is 7.29 Å². The number of nitrogens with zero attached hydrogens (tertiary/aromatic N) is 1. The summed E-state index contributed by atoms with van der Waals surface area (Å²) >= 11 is 0. The molecule has 1 aliphatic rings. The van der Waals surface area contributed by atoms with Crippen LogP contribution >= 0.6 is 7.29 Å². The third-order valence-corrected chi connectivity index (χ3v) is 6.52. The zero-order valence-corrected chi connectivity index (χ0v) is 12.3. The predicted octanol–water partition coefficient (Wildman–Crippen LogP) is 4.12. The SMILES string of the molecule is CC1=CN(C(C)C)P(=O)(c2ccccc2)C(C)=C1. The normalized spacial score (nSPS) is 23.9. The molecule has 0 N–H and O–H groups in total. The summed E-state index contributed by atoms with van der Waals surface area (Å²) in [5, 5.41) is 1.87. The van der Waals surface area contributed by atoms with Crippen LogP contribution in [-0.4, -0.2) is 10.7 Å². The molecule has 96 valence electrons. The quantitative estimate of drug-likeness (QED) is 0.746. The molecule has 0 amide bonds. The molecular weight excluding hydrogens is 241 g/mol. The fourth-order valence-corrected chi connectivity index (χ4v) is 5.36. The van der Waals surface area contributed by atoms with Crippen molar-refractivity contribution >= 4 is 12.6 Å². The number of allylic oxidation sites excluding steroid dienone is 3. The molecule has 0 aliphatic carbocycles. The van der Waals surface area contributed by atoms with E-state index in [0.717, 1.165) is 16.2 Å². The van der Waals surface area contributed by atoms with E-state index in [2.05, 4.69) is 13.8 Å². The minimum Gasteiger partial charge on any atom is -0.320 e. The molecule has 0 bridgehead atoms. The maximum Gasteiger partial charge on any atom is 0.225 e. The summed E-state index contributed by atoms with van der Waals surface area (Å²) in [5.74, 6) is 0. The molecule has 0 saturated heterocycles. The monoisotopic (exact) mass is 261 g/mol. The second-order valence-corrected chi connectivity index (χ2v) is 7.88. The average Bonchev–Trinajstić information content (AvgIpc) is 2.34. The fraction of sp³-hybridized carbons (Fsp3) is 0.333. The summed E-state index contributed by atoms with van der Waals surface area (Å²) < 4.78 is 15.5. The lowest BCUT2D eigenvalue weighted by Gasteiger charge is -2.37. The van der Waals surface area contributed by atoms with E-state index in [1.165, 1.54) is 0 Å². The Morgan fingerprint density at radius 3 is 2.28 bits per heavy atom. The topological polar surface area (TPSA) is 20.3 Å². The van der Waals surface area contributed by atoms with E-state index >= 15 is 0 Å². The lowest BCUT2D eigenvalue weighted by molar-refractivity contribution is 0.447. The van der Waals surface area contributed by atoms with Gasteiger partial charge in [0.25, 0.3) is 0 Å². The van der Waals surface area contributed by atoms with Gasteiger partial charge in [-0.2, -0.15) is 0 Å². The van der Waals surface area contributed by atoms with Crippen molar-refractivity contribution in [2.45, 2.75) is 33.7 Å². The minimum atomic E-state index is -2.64. The first-order chi connectivity index (χ1) is 8.46. The molecule has 18 heavy (non-hydrogen) atoms. The van der Waals surface area contributed by atoms with Gasteiger partial charge in [0.1, 0.15) is 0 Å². The van der Waals surface area contributed by atoms with Gasteiger partial charge in [-0.1, -0.05) is 18.2 Å². The van der Waals surface area contributed by atoms with Crippen molar-refractivity contribution < 1.29 is 4.57 Å². The molecule has 1 unspecified atom stereocenters. The highest BCUT2D eigenvalue weighted by atomic mass is 31.2. The van der Waals surface area contributed by atoms with Gasteiger partial charge in [0.05, 0.1) is 0 Å². The molecule has 2 nitrogen and oxygen atoms in total. The lowest BCUT2D eigenvalue weighted by Crippen LogP contribution is -2.30. The Balaban J connectivity index is 2.60. The van der Waals surface area contributed by atoms with Gasteiger partial charge in [0, 0.05) is 22.9 Å². The Hall–Kier alpha value is -1.27. The summed E-state index contributed by atoms with van der Waals surface area (Å²) in [5.41, 5.74) is 1.16. The molecule has 0 fully saturated rings. The maximum absolute atomic E-state index is 13.5. The van der Waals surface area contributed by atoms with Crippen molar-refractivity contribution in [2.24, 2.45) is 0 Å². The molecule has 0 spiro atoms. The van der Waals surface area contributed by atoms with E-state index in [1.54, 1.807) is 0 Å². The zero-order chi connectivity index (χ0) is 13.3. The highest BCUT2D eigenvalue weighted by Crippen LogP contribution is 2.59. The van der Waals surface area contributed by atoms with Crippen LogP contribution in [0.5, 0.6) is 0 Å². The third kappa shape index (κ3) is 2.06.